The Kier molecular flexibility index (Phi) is 7.73. The SMILES string of the molecule is CCC(N)Cc1cccn1CCCOCCOC. The average molecular weight is 254 g/mol. The van der Waals surface area contributed by atoms with E-state index in [4.69, 9.17) is 15.2 Å². The van der Waals surface area contributed by atoms with E-state index in [0.29, 0.717) is 13.2 Å². The van der Waals surface area contributed by atoms with E-state index in [0.717, 1.165) is 32.4 Å². The summed E-state index contributed by atoms with van der Waals surface area (Å²) < 4.78 is 12.6. The number of nitrogens with zero attached hydrogens (tertiary/aromatic N) is 1. The molecule has 18 heavy (non-hydrogen) atoms. The van der Waals surface area contributed by atoms with Crippen LogP contribution in [0.2, 0.25) is 0 Å². The van der Waals surface area contributed by atoms with Crippen molar-refractivity contribution in [2.45, 2.75) is 38.8 Å². The van der Waals surface area contributed by atoms with Crippen LogP contribution in [0.15, 0.2) is 18.3 Å². The van der Waals surface area contributed by atoms with Crippen molar-refractivity contribution < 1.29 is 9.47 Å². The van der Waals surface area contributed by atoms with Gasteiger partial charge in [0.15, 0.2) is 0 Å². The summed E-state index contributed by atoms with van der Waals surface area (Å²) in [4.78, 5) is 0. The minimum absolute atomic E-state index is 0.261. The van der Waals surface area contributed by atoms with E-state index in [1.54, 1.807) is 7.11 Å². The van der Waals surface area contributed by atoms with Gasteiger partial charge in [0.05, 0.1) is 13.2 Å². The van der Waals surface area contributed by atoms with Crippen LogP contribution >= 0.6 is 0 Å². The van der Waals surface area contributed by atoms with Gasteiger partial charge in [-0.2, -0.15) is 0 Å². The molecule has 1 rings (SSSR count). The van der Waals surface area contributed by atoms with Crippen molar-refractivity contribution in [2.75, 3.05) is 26.9 Å². The largest absolute Gasteiger partial charge is 0.382 e. The first kappa shape index (κ1) is 15.2. The molecule has 4 heteroatoms. The van der Waals surface area contributed by atoms with Gasteiger partial charge in [-0.1, -0.05) is 6.92 Å². The molecule has 0 aliphatic carbocycles. The van der Waals surface area contributed by atoms with Crippen molar-refractivity contribution in [3.63, 3.8) is 0 Å². The molecule has 1 atom stereocenters. The van der Waals surface area contributed by atoms with E-state index in [9.17, 15) is 0 Å². The van der Waals surface area contributed by atoms with Gasteiger partial charge in [0.25, 0.3) is 0 Å². The van der Waals surface area contributed by atoms with E-state index < -0.39 is 0 Å². The number of nitrogens with two attached hydrogens (primary N) is 1. The highest BCUT2D eigenvalue weighted by atomic mass is 16.5. The molecule has 104 valence electrons. The normalized spacial score (nSPS) is 12.8. The second-order valence-corrected chi connectivity index (χ2v) is 4.52. The van der Waals surface area contributed by atoms with Crippen LogP contribution < -0.4 is 5.73 Å². The van der Waals surface area contributed by atoms with Crippen LogP contribution in [0.4, 0.5) is 0 Å². The van der Waals surface area contributed by atoms with E-state index >= 15 is 0 Å². The van der Waals surface area contributed by atoms with Crippen molar-refractivity contribution in [3.8, 4) is 0 Å². The third kappa shape index (κ3) is 5.67. The van der Waals surface area contributed by atoms with Crippen LogP contribution in [-0.2, 0) is 22.4 Å². The average Bonchev–Trinajstić information content (AvgIpc) is 2.81. The molecule has 0 bridgehead atoms. The minimum Gasteiger partial charge on any atom is -0.382 e. The highest BCUT2D eigenvalue weighted by molar-refractivity contribution is 5.08. The Labute approximate surface area is 110 Å². The van der Waals surface area contributed by atoms with Crippen LogP contribution in [0.5, 0.6) is 0 Å². The molecule has 0 aliphatic heterocycles. The second-order valence-electron chi connectivity index (χ2n) is 4.52. The Hall–Kier alpha value is -0.840. The fraction of sp³-hybridized carbons (Fsp3) is 0.714. The first-order valence-electron chi connectivity index (χ1n) is 6.74. The summed E-state index contributed by atoms with van der Waals surface area (Å²) in [6, 6.07) is 4.50. The van der Waals surface area contributed by atoms with Crippen LogP contribution in [0.25, 0.3) is 0 Å². The summed E-state index contributed by atoms with van der Waals surface area (Å²) in [6.07, 6.45) is 5.11. The van der Waals surface area contributed by atoms with Crippen LogP contribution in [0.3, 0.4) is 0 Å². The lowest BCUT2D eigenvalue weighted by Gasteiger charge is -2.12. The molecule has 0 saturated carbocycles. The maximum absolute atomic E-state index is 5.99. The Balaban J connectivity index is 2.23. The lowest BCUT2D eigenvalue weighted by atomic mass is 10.1. The monoisotopic (exact) mass is 254 g/mol. The highest BCUT2D eigenvalue weighted by Gasteiger charge is 2.05. The molecule has 0 spiro atoms. The lowest BCUT2D eigenvalue weighted by Crippen LogP contribution is -2.23. The molecule has 0 aliphatic rings. The van der Waals surface area contributed by atoms with E-state index in [2.05, 4.69) is 29.8 Å². The molecule has 0 saturated heterocycles. The van der Waals surface area contributed by atoms with Gasteiger partial charge in [-0.15, -0.1) is 0 Å². The molecule has 0 aromatic carbocycles. The van der Waals surface area contributed by atoms with Crippen molar-refractivity contribution in [3.05, 3.63) is 24.0 Å². The number of rotatable bonds is 10. The van der Waals surface area contributed by atoms with E-state index in [-0.39, 0.29) is 6.04 Å². The molecule has 0 radical (unpaired) electrons. The van der Waals surface area contributed by atoms with Gasteiger partial charge in [0, 0.05) is 44.6 Å². The second kappa shape index (κ2) is 9.14. The predicted octanol–water partition coefficient (Wildman–Crippen LogP) is 1.82. The Bertz CT molecular complexity index is 312. The fourth-order valence-corrected chi connectivity index (χ4v) is 1.85. The third-order valence-corrected chi connectivity index (χ3v) is 3.04. The maximum Gasteiger partial charge on any atom is 0.0700 e. The van der Waals surface area contributed by atoms with Gasteiger partial charge >= 0.3 is 0 Å². The van der Waals surface area contributed by atoms with Crippen LogP contribution in [-0.4, -0.2) is 37.5 Å². The number of methoxy groups -OCH3 is 1. The van der Waals surface area contributed by atoms with Gasteiger partial charge in [0.1, 0.15) is 0 Å². The zero-order valence-electron chi connectivity index (χ0n) is 11.6. The third-order valence-electron chi connectivity index (χ3n) is 3.04. The molecule has 1 aromatic rings. The Morgan fingerprint density at radius 3 is 2.89 bits per heavy atom. The zero-order chi connectivity index (χ0) is 13.2. The Morgan fingerprint density at radius 2 is 2.17 bits per heavy atom. The first-order chi connectivity index (χ1) is 8.77. The predicted molar refractivity (Wildman–Crippen MR) is 73.7 cm³/mol. The molecular formula is C14H26N2O2. The summed E-state index contributed by atoms with van der Waals surface area (Å²) in [7, 11) is 1.69. The topological polar surface area (TPSA) is 49.4 Å². The lowest BCUT2D eigenvalue weighted by molar-refractivity contribution is 0.0679. The summed E-state index contributed by atoms with van der Waals surface area (Å²) in [6.45, 7) is 5.24. The van der Waals surface area contributed by atoms with Crippen LogP contribution in [0.1, 0.15) is 25.5 Å². The molecule has 0 amide bonds. The van der Waals surface area contributed by atoms with Gasteiger partial charge in [0.2, 0.25) is 0 Å². The number of hydrogen-bond donors (Lipinski definition) is 1. The molecule has 0 fully saturated rings. The first-order valence-corrected chi connectivity index (χ1v) is 6.74. The van der Waals surface area contributed by atoms with E-state index in [1.807, 2.05) is 0 Å². The van der Waals surface area contributed by atoms with Crippen molar-refractivity contribution >= 4 is 0 Å². The smallest absolute Gasteiger partial charge is 0.0700 e. The zero-order valence-corrected chi connectivity index (χ0v) is 11.6. The Morgan fingerprint density at radius 1 is 1.33 bits per heavy atom. The maximum atomic E-state index is 5.99. The van der Waals surface area contributed by atoms with Crippen molar-refractivity contribution in [1.29, 1.82) is 0 Å². The van der Waals surface area contributed by atoms with Crippen molar-refractivity contribution in [2.24, 2.45) is 5.73 Å². The highest BCUT2D eigenvalue weighted by Crippen LogP contribution is 2.07. The van der Waals surface area contributed by atoms with Crippen molar-refractivity contribution in [1.82, 2.24) is 4.57 Å². The number of aryl methyl sites for hydroxylation is 1. The summed E-state index contributed by atoms with van der Waals surface area (Å²) in [5.74, 6) is 0. The molecule has 2 N–H and O–H groups in total. The molecule has 1 unspecified atom stereocenters. The fourth-order valence-electron chi connectivity index (χ4n) is 1.85. The van der Waals surface area contributed by atoms with Gasteiger partial charge < -0.3 is 19.8 Å². The van der Waals surface area contributed by atoms with Gasteiger partial charge in [-0.3, -0.25) is 0 Å². The van der Waals surface area contributed by atoms with E-state index in [1.165, 1.54) is 5.69 Å². The summed E-state index contributed by atoms with van der Waals surface area (Å²) in [5.41, 5.74) is 7.31. The van der Waals surface area contributed by atoms with Gasteiger partial charge in [-0.05, 0) is 25.0 Å². The number of hydrogen-bond acceptors (Lipinski definition) is 3. The molecule has 1 heterocycles. The summed E-state index contributed by atoms with van der Waals surface area (Å²) in [5, 5.41) is 0. The van der Waals surface area contributed by atoms with Crippen LogP contribution in [0, 0.1) is 0 Å². The summed E-state index contributed by atoms with van der Waals surface area (Å²) >= 11 is 0. The number of aromatic nitrogens is 1. The number of ether oxygens (including phenoxy) is 2. The standard InChI is InChI=1S/C14H26N2O2/c1-3-13(15)12-14-6-4-7-16(14)8-5-9-18-11-10-17-2/h4,6-7,13H,3,5,8-12,15H2,1-2H3. The molecular weight excluding hydrogens is 228 g/mol. The molecule has 1 aromatic heterocycles. The minimum atomic E-state index is 0.261. The van der Waals surface area contributed by atoms with Gasteiger partial charge in [-0.25, -0.2) is 0 Å². The quantitative estimate of drug-likeness (QED) is 0.648. The molecule has 4 nitrogen and oxygen atoms in total.